The summed E-state index contributed by atoms with van der Waals surface area (Å²) in [5.74, 6) is -2.09. The van der Waals surface area contributed by atoms with Crippen LogP contribution in [-0.4, -0.2) is 31.0 Å². The van der Waals surface area contributed by atoms with Crippen molar-refractivity contribution < 1.29 is 22.7 Å². The average molecular weight is 260 g/mol. The maximum absolute atomic E-state index is 12.8. The fourth-order valence-corrected chi connectivity index (χ4v) is 2.55. The van der Waals surface area contributed by atoms with E-state index >= 15 is 0 Å². The molecule has 4 nitrogen and oxygen atoms in total. The molecule has 6 heteroatoms. The molecule has 0 saturated heterocycles. The zero-order valence-electron chi connectivity index (χ0n) is 9.10. The molecule has 0 saturated carbocycles. The van der Waals surface area contributed by atoms with Gasteiger partial charge < -0.3 is 5.11 Å². The summed E-state index contributed by atoms with van der Waals surface area (Å²) in [7, 11) is -3.39. The predicted octanol–water partition coefficient (Wildman–Crippen LogP) is 1.26. The quantitative estimate of drug-likeness (QED) is 0.835. The van der Waals surface area contributed by atoms with Crippen molar-refractivity contribution in [2.75, 3.05) is 11.5 Å². The van der Waals surface area contributed by atoms with E-state index in [1.165, 1.54) is 18.2 Å². The van der Waals surface area contributed by atoms with Crippen LogP contribution in [0.4, 0.5) is 4.39 Å². The number of aliphatic carboxylic acids is 1. The second kappa shape index (κ2) is 5.77. The highest BCUT2D eigenvalue weighted by atomic mass is 32.2. The summed E-state index contributed by atoms with van der Waals surface area (Å²) in [6, 6.07) is 5.69. The highest BCUT2D eigenvalue weighted by Gasteiger charge is 2.13. The standard InChI is InChI=1S/C11H13FO4S/c12-10-3-1-2-9(8-10)4-6-17(15,16)7-5-11(13)14/h1-3,8H,4-7H2,(H,13,14). The van der Waals surface area contributed by atoms with Gasteiger partial charge in [-0.3, -0.25) is 4.79 Å². The first kappa shape index (κ1) is 13.6. The monoisotopic (exact) mass is 260 g/mol. The fraction of sp³-hybridized carbons (Fsp3) is 0.364. The molecule has 0 atom stereocenters. The van der Waals surface area contributed by atoms with Gasteiger partial charge in [-0.2, -0.15) is 0 Å². The Kier molecular flexibility index (Phi) is 4.62. The minimum Gasteiger partial charge on any atom is -0.481 e. The largest absolute Gasteiger partial charge is 0.481 e. The van der Waals surface area contributed by atoms with Gasteiger partial charge in [0, 0.05) is 0 Å². The minimum atomic E-state index is -3.39. The van der Waals surface area contributed by atoms with Crippen LogP contribution in [0.3, 0.4) is 0 Å². The molecule has 0 aromatic heterocycles. The molecule has 0 aliphatic rings. The molecule has 0 bridgehead atoms. The number of hydrogen-bond donors (Lipinski definition) is 1. The van der Waals surface area contributed by atoms with Gasteiger partial charge in [-0.1, -0.05) is 12.1 Å². The van der Waals surface area contributed by atoms with Crippen LogP contribution in [0, 0.1) is 5.82 Å². The van der Waals surface area contributed by atoms with E-state index in [9.17, 15) is 17.6 Å². The van der Waals surface area contributed by atoms with Crippen LogP contribution in [-0.2, 0) is 21.1 Å². The van der Waals surface area contributed by atoms with Crippen molar-refractivity contribution in [3.63, 3.8) is 0 Å². The van der Waals surface area contributed by atoms with Crippen LogP contribution < -0.4 is 0 Å². The second-order valence-electron chi connectivity index (χ2n) is 3.68. The van der Waals surface area contributed by atoms with Crippen molar-refractivity contribution in [2.45, 2.75) is 12.8 Å². The number of carbonyl (C=O) groups is 1. The maximum atomic E-state index is 12.8. The SMILES string of the molecule is O=C(O)CCS(=O)(=O)CCc1cccc(F)c1. The third-order valence-corrected chi connectivity index (χ3v) is 3.87. The molecule has 0 spiro atoms. The molecule has 0 unspecified atom stereocenters. The molecule has 0 aliphatic carbocycles. The molecule has 17 heavy (non-hydrogen) atoms. The number of halogens is 1. The summed E-state index contributed by atoms with van der Waals surface area (Å²) < 4.78 is 35.7. The van der Waals surface area contributed by atoms with Gasteiger partial charge in [0.15, 0.2) is 9.84 Å². The summed E-state index contributed by atoms with van der Waals surface area (Å²) >= 11 is 0. The molecule has 0 aliphatic heterocycles. The summed E-state index contributed by atoms with van der Waals surface area (Å²) in [6.45, 7) is 0. The van der Waals surface area contributed by atoms with E-state index in [1.807, 2.05) is 0 Å². The van der Waals surface area contributed by atoms with E-state index in [0.29, 0.717) is 5.56 Å². The first-order valence-electron chi connectivity index (χ1n) is 5.06. The lowest BCUT2D eigenvalue weighted by molar-refractivity contribution is -0.136. The zero-order chi connectivity index (χ0) is 12.9. The van der Waals surface area contributed by atoms with Gasteiger partial charge in [0.05, 0.1) is 17.9 Å². The molecule has 1 rings (SSSR count). The number of sulfone groups is 1. The van der Waals surface area contributed by atoms with E-state index in [0.717, 1.165) is 0 Å². The number of carboxylic acid groups (broad SMARTS) is 1. The Bertz CT molecular complexity index is 496. The molecule has 0 heterocycles. The van der Waals surface area contributed by atoms with E-state index in [-0.39, 0.29) is 17.9 Å². The Morgan fingerprint density at radius 1 is 1.29 bits per heavy atom. The highest BCUT2D eigenvalue weighted by molar-refractivity contribution is 7.91. The molecule has 0 amide bonds. The Morgan fingerprint density at radius 3 is 2.59 bits per heavy atom. The third-order valence-electron chi connectivity index (χ3n) is 2.22. The smallest absolute Gasteiger partial charge is 0.304 e. The van der Waals surface area contributed by atoms with Gasteiger partial charge in [-0.15, -0.1) is 0 Å². The Morgan fingerprint density at radius 2 is 2.00 bits per heavy atom. The van der Waals surface area contributed by atoms with Crippen molar-refractivity contribution in [1.29, 1.82) is 0 Å². The lowest BCUT2D eigenvalue weighted by Crippen LogP contribution is -2.15. The first-order chi connectivity index (χ1) is 7.89. The van der Waals surface area contributed by atoms with E-state index in [4.69, 9.17) is 5.11 Å². The summed E-state index contributed by atoms with van der Waals surface area (Å²) in [5, 5.41) is 8.38. The van der Waals surface area contributed by atoms with Gasteiger partial charge >= 0.3 is 5.97 Å². The van der Waals surface area contributed by atoms with Crippen LogP contribution in [0.1, 0.15) is 12.0 Å². The molecular formula is C11H13FO4S. The van der Waals surface area contributed by atoms with E-state index in [1.54, 1.807) is 6.07 Å². The van der Waals surface area contributed by atoms with E-state index in [2.05, 4.69) is 0 Å². The lowest BCUT2D eigenvalue weighted by Gasteiger charge is -2.03. The van der Waals surface area contributed by atoms with Crippen molar-refractivity contribution >= 4 is 15.8 Å². The Labute approximate surface area is 99.0 Å². The van der Waals surface area contributed by atoms with Gasteiger partial charge in [-0.25, -0.2) is 12.8 Å². The summed E-state index contributed by atoms with van der Waals surface area (Å²) in [4.78, 5) is 10.3. The van der Waals surface area contributed by atoms with Crippen LogP contribution in [0.5, 0.6) is 0 Å². The number of carboxylic acids is 1. The molecular weight excluding hydrogens is 247 g/mol. The molecule has 0 fully saturated rings. The predicted molar refractivity (Wildman–Crippen MR) is 61.0 cm³/mol. The van der Waals surface area contributed by atoms with E-state index < -0.39 is 28.0 Å². The van der Waals surface area contributed by atoms with Gasteiger partial charge in [0.1, 0.15) is 5.82 Å². The molecule has 0 radical (unpaired) electrons. The molecule has 1 aromatic rings. The van der Waals surface area contributed by atoms with Crippen LogP contribution in [0.15, 0.2) is 24.3 Å². The minimum absolute atomic E-state index is 0.163. The van der Waals surface area contributed by atoms with Gasteiger partial charge in [0.2, 0.25) is 0 Å². The van der Waals surface area contributed by atoms with Crippen molar-refractivity contribution in [3.05, 3.63) is 35.6 Å². The van der Waals surface area contributed by atoms with Crippen molar-refractivity contribution in [3.8, 4) is 0 Å². The number of hydrogen-bond acceptors (Lipinski definition) is 3. The normalized spacial score (nSPS) is 11.4. The Balaban J connectivity index is 2.52. The zero-order valence-corrected chi connectivity index (χ0v) is 9.91. The van der Waals surface area contributed by atoms with Crippen LogP contribution in [0.2, 0.25) is 0 Å². The van der Waals surface area contributed by atoms with Gasteiger partial charge in [-0.05, 0) is 24.1 Å². The Hall–Kier alpha value is -1.43. The summed E-state index contributed by atoms with van der Waals surface area (Å²) in [5.41, 5.74) is 0.587. The maximum Gasteiger partial charge on any atom is 0.304 e. The van der Waals surface area contributed by atoms with Gasteiger partial charge in [0.25, 0.3) is 0 Å². The molecule has 1 N–H and O–H groups in total. The lowest BCUT2D eigenvalue weighted by atomic mass is 10.2. The number of aryl methyl sites for hydroxylation is 1. The third kappa shape index (κ3) is 5.44. The van der Waals surface area contributed by atoms with Crippen LogP contribution >= 0.6 is 0 Å². The number of benzene rings is 1. The second-order valence-corrected chi connectivity index (χ2v) is 5.98. The van der Waals surface area contributed by atoms with Crippen molar-refractivity contribution in [2.24, 2.45) is 0 Å². The molecule has 1 aromatic carbocycles. The number of rotatable bonds is 6. The van der Waals surface area contributed by atoms with Crippen LogP contribution in [0.25, 0.3) is 0 Å². The average Bonchev–Trinajstić information content (AvgIpc) is 2.24. The molecule has 94 valence electrons. The topological polar surface area (TPSA) is 71.4 Å². The van der Waals surface area contributed by atoms with Crippen molar-refractivity contribution in [1.82, 2.24) is 0 Å². The highest BCUT2D eigenvalue weighted by Crippen LogP contribution is 2.06. The fourth-order valence-electron chi connectivity index (χ4n) is 1.31. The first-order valence-corrected chi connectivity index (χ1v) is 6.88. The summed E-state index contributed by atoms with van der Waals surface area (Å²) in [6.07, 6.45) is -0.203.